The summed E-state index contributed by atoms with van der Waals surface area (Å²) in [7, 11) is 0. The summed E-state index contributed by atoms with van der Waals surface area (Å²) in [6.45, 7) is 5.69. The fraction of sp³-hybridized carbons (Fsp3) is 0.500. The smallest absolute Gasteiger partial charge is 0.223 e. The van der Waals surface area contributed by atoms with E-state index in [-0.39, 0.29) is 5.91 Å². The molecule has 1 aliphatic heterocycles. The first-order valence-corrected chi connectivity index (χ1v) is 6.53. The SMILES string of the molecule is Cc1ccc(C)c(CN2CC(CCl)CC2=O)c1. The number of hydrogen-bond donors (Lipinski definition) is 0. The van der Waals surface area contributed by atoms with E-state index in [0.717, 1.165) is 13.1 Å². The van der Waals surface area contributed by atoms with Crippen LogP contribution in [-0.4, -0.2) is 23.2 Å². The predicted molar refractivity (Wildman–Crippen MR) is 70.2 cm³/mol. The van der Waals surface area contributed by atoms with E-state index in [9.17, 15) is 4.79 Å². The van der Waals surface area contributed by atoms with Gasteiger partial charge in [-0.1, -0.05) is 23.8 Å². The molecule has 1 unspecified atom stereocenters. The lowest BCUT2D eigenvalue weighted by atomic mass is 10.1. The number of benzene rings is 1. The highest BCUT2D eigenvalue weighted by molar-refractivity contribution is 6.18. The third-order valence-electron chi connectivity index (χ3n) is 3.38. The van der Waals surface area contributed by atoms with Gasteiger partial charge in [-0.3, -0.25) is 4.79 Å². The third-order valence-corrected chi connectivity index (χ3v) is 3.82. The van der Waals surface area contributed by atoms with Crippen LogP contribution in [0.2, 0.25) is 0 Å². The van der Waals surface area contributed by atoms with Crippen molar-refractivity contribution in [1.29, 1.82) is 0 Å². The Kier molecular flexibility index (Phi) is 3.72. The molecule has 0 N–H and O–H groups in total. The van der Waals surface area contributed by atoms with Crippen LogP contribution in [0.1, 0.15) is 23.1 Å². The molecular weight excluding hydrogens is 234 g/mol. The summed E-state index contributed by atoms with van der Waals surface area (Å²) in [5, 5.41) is 0. The van der Waals surface area contributed by atoms with Gasteiger partial charge in [0.25, 0.3) is 0 Å². The van der Waals surface area contributed by atoms with Crippen LogP contribution in [0.4, 0.5) is 0 Å². The van der Waals surface area contributed by atoms with Crippen LogP contribution in [0, 0.1) is 19.8 Å². The Bertz CT molecular complexity index is 430. The monoisotopic (exact) mass is 251 g/mol. The molecule has 1 saturated heterocycles. The molecule has 0 aromatic heterocycles. The highest BCUT2D eigenvalue weighted by Crippen LogP contribution is 2.22. The minimum atomic E-state index is 0.233. The van der Waals surface area contributed by atoms with Crippen molar-refractivity contribution in [2.45, 2.75) is 26.8 Å². The first kappa shape index (κ1) is 12.4. The van der Waals surface area contributed by atoms with Crippen LogP contribution >= 0.6 is 11.6 Å². The van der Waals surface area contributed by atoms with Gasteiger partial charge in [0.2, 0.25) is 5.91 Å². The van der Waals surface area contributed by atoms with Gasteiger partial charge in [0.15, 0.2) is 0 Å². The molecule has 1 fully saturated rings. The second kappa shape index (κ2) is 5.09. The van der Waals surface area contributed by atoms with Crippen LogP contribution in [0.3, 0.4) is 0 Å². The number of nitrogens with zero attached hydrogens (tertiary/aromatic N) is 1. The topological polar surface area (TPSA) is 20.3 Å². The Balaban J connectivity index is 2.11. The summed E-state index contributed by atoms with van der Waals surface area (Å²) in [5.74, 6) is 1.14. The molecule has 1 heterocycles. The van der Waals surface area contributed by atoms with Gasteiger partial charge in [-0.25, -0.2) is 0 Å². The number of halogens is 1. The Morgan fingerprint density at radius 3 is 2.82 bits per heavy atom. The Hall–Kier alpha value is -1.02. The summed E-state index contributed by atoms with van der Waals surface area (Å²) in [5.41, 5.74) is 3.73. The molecule has 1 amide bonds. The molecule has 0 aliphatic carbocycles. The summed E-state index contributed by atoms with van der Waals surface area (Å²) in [6.07, 6.45) is 0.606. The van der Waals surface area contributed by atoms with Crippen molar-refractivity contribution in [3.8, 4) is 0 Å². The van der Waals surface area contributed by atoms with Gasteiger partial charge in [-0.15, -0.1) is 11.6 Å². The van der Waals surface area contributed by atoms with E-state index in [1.807, 2.05) is 4.90 Å². The van der Waals surface area contributed by atoms with Crippen LogP contribution in [0.15, 0.2) is 18.2 Å². The van der Waals surface area contributed by atoms with Gasteiger partial charge in [0, 0.05) is 25.4 Å². The average Bonchev–Trinajstić information content (AvgIpc) is 2.65. The molecule has 2 rings (SSSR count). The van der Waals surface area contributed by atoms with E-state index in [1.165, 1.54) is 16.7 Å². The maximum atomic E-state index is 11.8. The van der Waals surface area contributed by atoms with Gasteiger partial charge < -0.3 is 4.90 Å². The number of amides is 1. The van der Waals surface area contributed by atoms with Gasteiger partial charge >= 0.3 is 0 Å². The van der Waals surface area contributed by atoms with Crippen LogP contribution in [0.5, 0.6) is 0 Å². The summed E-state index contributed by atoms with van der Waals surface area (Å²) < 4.78 is 0. The van der Waals surface area contributed by atoms with Crippen molar-refractivity contribution in [3.63, 3.8) is 0 Å². The minimum absolute atomic E-state index is 0.233. The zero-order valence-electron chi connectivity index (χ0n) is 10.4. The van der Waals surface area contributed by atoms with E-state index >= 15 is 0 Å². The Morgan fingerprint density at radius 1 is 1.41 bits per heavy atom. The quantitative estimate of drug-likeness (QED) is 0.757. The Morgan fingerprint density at radius 2 is 2.18 bits per heavy atom. The molecule has 1 aromatic rings. The fourth-order valence-electron chi connectivity index (χ4n) is 2.29. The number of aryl methyl sites for hydroxylation is 2. The molecule has 0 radical (unpaired) electrons. The molecule has 92 valence electrons. The number of alkyl halides is 1. The predicted octanol–water partition coefficient (Wildman–Crippen LogP) is 2.89. The van der Waals surface area contributed by atoms with Crippen molar-refractivity contribution in [1.82, 2.24) is 4.90 Å². The van der Waals surface area contributed by atoms with E-state index in [1.54, 1.807) is 0 Å². The second-order valence-corrected chi connectivity index (χ2v) is 5.24. The van der Waals surface area contributed by atoms with Gasteiger partial charge in [-0.05, 0) is 30.9 Å². The molecular formula is C14H18ClNO. The van der Waals surface area contributed by atoms with E-state index < -0.39 is 0 Å². The molecule has 3 heteroatoms. The summed E-state index contributed by atoms with van der Waals surface area (Å²) in [4.78, 5) is 13.7. The molecule has 1 aromatic carbocycles. The molecule has 1 aliphatic rings. The molecule has 0 saturated carbocycles. The average molecular weight is 252 g/mol. The van der Waals surface area contributed by atoms with Crippen molar-refractivity contribution < 1.29 is 4.79 Å². The summed E-state index contributed by atoms with van der Waals surface area (Å²) in [6, 6.07) is 6.38. The lowest BCUT2D eigenvalue weighted by Crippen LogP contribution is -2.25. The number of likely N-dealkylation sites (tertiary alicyclic amines) is 1. The van der Waals surface area contributed by atoms with Crippen LogP contribution in [-0.2, 0) is 11.3 Å². The van der Waals surface area contributed by atoms with Crippen molar-refractivity contribution in [2.75, 3.05) is 12.4 Å². The summed E-state index contributed by atoms with van der Waals surface area (Å²) >= 11 is 5.82. The van der Waals surface area contributed by atoms with Crippen molar-refractivity contribution in [2.24, 2.45) is 5.92 Å². The molecule has 2 nitrogen and oxygen atoms in total. The van der Waals surface area contributed by atoms with Crippen LogP contribution < -0.4 is 0 Å². The molecule has 0 bridgehead atoms. The lowest BCUT2D eigenvalue weighted by Gasteiger charge is -2.18. The highest BCUT2D eigenvalue weighted by atomic mass is 35.5. The molecule has 17 heavy (non-hydrogen) atoms. The number of rotatable bonds is 3. The van der Waals surface area contributed by atoms with E-state index in [4.69, 9.17) is 11.6 Å². The zero-order chi connectivity index (χ0) is 12.4. The second-order valence-electron chi connectivity index (χ2n) is 4.93. The van der Waals surface area contributed by atoms with Gasteiger partial charge in [0.1, 0.15) is 0 Å². The van der Waals surface area contributed by atoms with Crippen LogP contribution in [0.25, 0.3) is 0 Å². The van der Waals surface area contributed by atoms with E-state index in [2.05, 4.69) is 32.0 Å². The van der Waals surface area contributed by atoms with Gasteiger partial charge in [-0.2, -0.15) is 0 Å². The number of hydrogen-bond acceptors (Lipinski definition) is 1. The third kappa shape index (κ3) is 2.81. The first-order chi connectivity index (χ1) is 8.10. The fourth-order valence-corrected chi connectivity index (χ4v) is 2.49. The standard InChI is InChI=1S/C14H18ClNO/c1-10-3-4-11(2)13(5-10)9-16-8-12(7-15)6-14(16)17/h3-5,12H,6-9H2,1-2H3. The molecule has 1 atom stereocenters. The van der Waals surface area contributed by atoms with Crippen molar-refractivity contribution in [3.05, 3.63) is 34.9 Å². The maximum Gasteiger partial charge on any atom is 0.223 e. The number of carbonyl (C=O) groups excluding carboxylic acids is 1. The number of carbonyl (C=O) groups is 1. The first-order valence-electron chi connectivity index (χ1n) is 6.00. The lowest BCUT2D eigenvalue weighted by molar-refractivity contribution is -0.128. The normalized spacial score (nSPS) is 20.1. The minimum Gasteiger partial charge on any atom is -0.338 e. The highest BCUT2D eigenvalue weighted by Gasteiger charge is 2.28. The maximum absolute atomic E-state index is 11.8. The largest absolute Gasteiger partial charge is 0.338 e. The van der Waals surface area contributed by atoms with Gasteiger partial charge in [0.05, 0.1) is 0 Å². The van der Waals surface area contributed by atoms with E-state index in [0.29, 0.717) is 18.2 Å². The zero-order valence-corrected chi connectivity index (χ0v) is 11.1. The molecule has 0 spiro atoms. The Labute approximate surface area is 108 Å². The van der Waals surface area contributed by atoms with Crippen molar-refractivity contribution >= 4 is 17.5 Å².